The molecular formula is C26H24N6. The predicted octanol–water partition coefficient (Wildman–Crippen LogP) is 4.82. The van der Waals surface area contributed by atoms with Crippen LogP contribution < -0.4 is 0 Å². The number of aryl methyl sites for hydroxylation is 1. The zero-order valence-corrected chi connectivity index (χ0v) is 17.8. The van der Waals surface area contributed by atoms with Gasteiger partial charge in [-0.1, -0.05) is 53.8 Å². The summed E-state index contributed by atoms with van der Waals surface area (Å²) in [7, 11) is 0. The third kappa shape index (κ3) is 5.03. The van der Waals surface area contributed by atoms with Gasteiger partial charge in [-0.2, -0.15) is 0 Å². The van der Waals surface area contributed by atoms with Gasteiger partial charge in [0.15, 0.2) is 0 Å². The van der Waals surface area contributed by atoms with Crippen molar-refractivity contribution in [1.29, 1.82) is 0 Å². The minimum absolute atomic E-state index is 0.646. The summed E-state index contributed by atoms with van der Waals surface area (Å²) in [5, 5.41) is 7.83. The molecule has 3 aromatic rings. The smallest absolute Gasteiger partial charge is 0.0846 e. The van der Waals surface area contributed by atoms with Crippen molar-refractivity contribution in [3.8, 4) is 0 Å². The van der Waals surface area contributed by atoms with Crippen molar-refractivity contribution in [2.45, 2.75) is 32.2 Å². The molecule has 5 rings (SSSR count). The molecule has 0 saturated carbocycles. The fourth-order valence-corrected chi connectivity index (χ4v) is 3.76. The Balaban J connectivity index is 1.13. The number of nitrogens with zero attached hydrogens (tertiary/aromatic N) is 6. The van der Waals surface area contributed by atoms with Crippen LogP contribution in [0.1, 0.15) is 36.1 Å². The molecule has 2 aliphatic rings. The Morgan fingerprint density at radius 1 is 0.875 bits per heavy atom. The second-order valence-corrected chi connectivity index (χ2v) is 7.84. The number of aliphatic imine (C=N–C) groups is 2. The minimum Gasteiger partial charge on any atom is -0.261 e. The quantitative estimate of drug-likeness (QED) is 0.524. The summed E-state index contributed by atoms with van der Waals surface area (Å²) < 4.78 is 1.78. The molecular weight excluding hydrogens is 396 g/mol. The molecule has 0 aliphatic carbocycles. The van der Waals surface area contributed by atoms with Crippen molar-refractivity contribution in [2.75, 3.05) is 0 Å². The standard InChI is InChI=1S/C26H24N6/c1-2-4-20(5-3-1)6-8-23-12-13-24(29-23)11-10-22-9-7-21(18-27-22)26-15-14-25(30-26)19-32-17-16-28-31-32/h1-9,13-14,16-18H,10-12,15,19H2/b8-6+. The Morgan fingerprint density at radius 2 is 1.78 bits per heavy atom. The van der Waals surface area contributed by atoms with Crippen LogP contribution in [-0.2, 0) is 13.0 Å². The average molecular weight is 421 g/mol. The van der Waals surface area contributed by atoms with Gasteiger partial charge >= 0.3 is 0 Å². The highest BCUT2D eigenvalue weighted by Gasteiger charge is 2.12. The molecule has 0 spiro atoms. The lowest BCUT2D eigenvalue weighted by Gasteiger charge is -2.04. The summed E-state index contributed by atoms with van der Waals surface area (Å²) in [6.45, 7) is 0.646. The van der Waals surface area contributed by atoms with Crippen molar-refractivity contribution < 1.29 is 0 Å². The van der Waals surface area contributed by atoms with Gasteiger partial charge in [0.25, 0.3) is 0 Å². The summed E-state index contributed by atoms with van der Waals surface area (Å²) in [4.78, 5) is 14.2. The number of allylic oxidation sites excluding steroid dienone is 5. The van der Waals surface area contributed by atoms with Crippen molar-refractivity contribution in [3.05, 3.63) is 107 Å². The molecule has 0 N–H and O–H groups in total. The van der Waals surface area contributed by atoms with E-state index in [1.165, 1.54) is 5.56 Å². The molecule has 0 saturated heterocycles. The molecule has 1 aromatic carbocycles. The Labute approximate surface area is 187 Å². The molecule has 158 valence electrons. The highest BCUT2D eigenvalue weighted by Crippen LogP contribution is 2.20. The zero-order valence-electron chi connectivity index (χ0n) is 17.8. The minimum atomic E-state index is 0.646. The number of aromatic nitrogens is 4. The Bertz CT molecular complexity index is 1210. The Kier molecular flexibility index (Phi) is 5.92. The van der Waals surface area contributed by atoms with E-state index in [1.54, 1.807) is 10.9 Å². The first-order valence-electron chi connectivity index (χ1n) is 10.9. The maximum absolute atomic E-state index is 4.76. The van der Waals surface area contributed by atoms with E-state index in [2.05, 4.69) is 63.9 Å². The summed E-state index contributed by atoms with van der Waals surface area (Å²) in [5.41, 5.74) is 7.67. The monoisotopic (exact) mass is 420 g/mol. The molecule has 0 unspecified atom stereocenters. The van der Waals surface area contributed by atoms with E-state index >= 15 is 0 Å². The number of pyridine rings is 1. The van der Waals surface area contributed by atoms with E-state index in [0.29, 0.717) is 6.54 Å². The lowest BCUT2D eigenvalue weighted by molar-refractivity contribution is 0.639. The molecule has 0 radical (unpaired) electrons. The maximum Gasteiger partial charge on any atom is 0.0846 e. The van der Waals surface area contributed by atoms with Gasteiger partial charge in [0.05, 0.1) is 24.2 Å². The van der Waals surface area contributed by atoms with Gasteiger partial charge in [0.1, 0.15) is 0 Å². The van der Waals surface area contributed by atoms with Crippen LogP contribution in [0.2, 0.25) is 0 Å². The second-order valence-electron chi connectivity index (χ2n) is 7.84. The van der Waals surface area contributed by atoms with Crippen LogP contribution in [0.4, 0.5) is 0 Å². The van der Waals surface area contributed by atoms with Gasteiger partial charge in [-0.25, -0.2) is 4.68 Å². The molecule has 32 heavy (non-hydrogen) atoms. The van der Waals surface area contributed by atoms with Crippen LogP contribution in [-0.4, -0.2) is 31.4 Å². The molecule has 0 fully saturated rings. The highest BCUT2D eigenvalue weighted by atomic mass is 15.4. The summed E-state index contributed by atoms with van der Waals surface area (Å²) in [6, 6.07) is 14.5. The Hall–Kier alpha value is -3.93. The molecule has 6 heteroatoms. The van der Waals surface area contributed by atoms with Crippen molar-refractivity contribution in [2.24, 2.45) is 9.98 Å². The van der Waals surface area contributed by atoms with Gasteiger partial charge < -0.3 is 0 Å². The highest BCUT2D eigenvalue weighted by molar-refractivity contribution is 6.03. The predicted molar refractivity (Wildman–Crippen MR) is 127 cm³/mol. The van der Waals surface area contributed by atoms with Gasteiger partial charge in [-0.3, -0.25) is 15.0 Å². The van der Waals surface area contributed by atoms with E-state index in [4.69, 9.17) is 9.98 Å². The average Bonchev–Trinajstić information content (AvgIpc) is 3.61. The normalized spacial score (nSPS) is 15.6. The van der Waals surface area contributed by atoms with Gasteiger partial charge in [-0.15, -0.1) is 5.10 Å². The molecule has 6 nitrogen and oxygen atoms in total. The van der Waals surface area contributed by atoms with E-state index in [1.807, 2.05) is 30.6 Å². The molecule has 2 aliphatic heterocycles. The molecule has 0 atom stereocenters. The number of hydrogen-bond donors (Lipinski definition) is 0. The molecule has 0 bridgehead atoms. The van der Waals surface area contributed by atoms with E-state index < -0.39 is 0 Å². The van der Waals surface area contributed by atoms with Gasteiger partial charge in [-0.05, 0) is 36.6 Å². The van der Waals surface area contributed by atoms with E-state index in [-0.39, 0.29) is 0 Å². The van der Waals surface area contributed by atoms with Crippen molar-refractivity contribution >= 4 is 17.5 Å². The van der Waals surface area contributed by atoms with Crippen LogP contribution in [0.3, 0.4) is 0 Å². The van der Waals surface area contributed by atoms with Crippen LogP contribution in [0.25, 0.3) is 6.08 Å². The zero-order chi connectivity index (χ0) is 21.6. The first-order valence-corrected chi connectivity index (χ1v) is 10.9. The third-order valence-corrected chi connectivity index (χ3v) is 5.50. The summed E-state index contributed by atoms with van der Waals surface area (Å²) in [5.74, 6) is 0. The lowest BCUT2D eigenvalue weighted by atomic mass is 10.1. The van der Waals surface area contributed by atoms with Crippen molar-refractivity contribution in [1.82, 2.24) is 20.0 Å². The fraction of sp³-hybridized carbons (Fsp3) is 0.192. The summed E-state index contributed by atoms with van der Waals surface area (Å²) in [6.07, 6.45) is 17.5. The number of hydrogen-bond acceptors (Lipinski definition) is 5. The molecule has 4 heterocycles. The topological polar surface area (TPSA) is 68.3 Å². The van der Waals surface area contributed by atoms with Gasteiger partial charge in [0, 0.05) is 47.9 Å². The molecule has 2 aromatic heterocycles. The van der Waals surface area contributed by atoms with Crippen LogP contribution in [0.5, 0.6) is 0 Å². The first kappa shape index (κ1) is 20.0. The van der Waals surface area contributed by atoms with Crippen LogP contribution in [0.15, 0.2) is 101 Å². The third-order valence-electron chi connectivity index (χ3n) is 5.50. The van der Waals surface area contributed by atoms with Crippen molar-refractivity contribution in [3.63, 3.8) is 0 Å². The van der Waals surface area contributed by atoms with E-state index in [9.17, 15) is 0 Å². The number of benzene rings is 1. The van der Waals surface area contributed by atoms with Crippen LogP contribution in [0, 0.1) is 0 Å². The second kappa shape index (κ2) is 9.47. The maximum atomic E-state index is 4.76. The molecule has 0 amide bonds. The lowest BCUT2D eigenvalue weighted by Crippen LogP contribution is -2.01. The Morgan fingerprint density at radius 3 is 2.59 bits per heavy atom. The largest absolute Gasteiger partial charge is 0.261 e. The first-order chi connectivity index (χ1) is 15.8. The van der Waals surface area contributed by atoms with E-state index in [0.717, 1.165) is 59.8 Å². The van der Waals surface area contributed by atoms with Crippen LogP contribution >= 0.6 is 0 Å². The fourth-order valence-electron chi connectivity index (χ4n) is 3.76. The number of rotatable bonds is 8. The SMILES string of the molecule is C1=C(CCc2ccc(C3=NC(Cn4ccnn4)=CC3)cn2)N=C(/C=C/c2ccccc2)C1. The van der Waals surface area contributed by atoms with Gasteiger partial charge in [0.2, 0.25) is 0 Å². The summed E-state index contributed by atoms with van der Waals surface area (Å²) >= 11 is 0.